The fourth-order valence-electron chi connectivity index (χ4n) is 4.06. The molecule has 1 atom stereocenters. The van der Waals surface area contributed by atoms with Crippen molar-refractivity contribution in [1.82, 2.24) is 24.5 Å². The molecule has 1 amide bonds. The summed E-state index contributed by atoms with van der Waals surface area (Å²) in [5, 5.41) is 4.09. The van der Waals surface area contributed by atoms with Crippen molar-refractivity contribution in [2.24, 2.45) is 0 Å². The number of aryl methyl sites for hydroxylation is 4. The van der Waals surface area contributed by atoms with Gasteiger partial charge in [0.15, 0.2) is 5.65 Å². The predicted octanol–water partition coefficient (Wildman–Crippen LogP) is 2.53. The van der Waals surface area contributed by atoms with Crippen LogP contribution >= 0.6 is 11.3 Å². The van der Waals surface area contributed by atoms with E-state index in [4.69, 9.17) is 4.98 Å². The zero-order valence-corrected chi connectivity index (χ0v) is 17.5. The quantitative estimate of drug-likeness (QED) is 0.731. The van der Waals surface area contributed by atoms with Crippen molar-refractivity contribution in [2.75, 3.05) is 13.1 Å². The number of hydrogen-bond donors (Lipinski definition) is 1. The average molecular weight is 400 g/mol. The number of nitrogens with zero attached hydrogens (tertiary/aromatic N) is 4. The second-order valence-electron chi connectivity index (χ2n) is 7.49. The Morgan fingerprint density at radius 3 is 2.79 bits per heavy atom. The van der Waals surface area contributed by atoms with Crippen LogP contribution in [0.4, 0.5) is 0 Å². The van der Waals surface area contributed by atoms with E-state index in [1.54, 1.807) is 17.4 Å². The van der Waals surface area contributed by atoms with Gasteiger partial charge in [-0.15, -0.1) is 11.3 Å². The van der Waals surface area contributed by atoms with Gasteiger partial charge in [0, 0.05) is 41.2 Å². The van der Waals surface area contributed by atoms with E-state index in [1.807, 2.05) is 25.7 Å². The molecule has 0 spiro atoms. The van der Waals surface area contributed by atoms with Gasteiger partial charge in [-0.2, -0.15) is 0 Å². The highest BCUT2D eigenvalue weighted by atomic mass is 32.1. The van der Waals surface area contributed by atoms with Gasteiger partial charge in [-0.25, -0.2) is 14.5 Å². The van der Waals surface area contributed by atoms with E-state index in [0.29, 0.717) is 25.2 Å². The van der Waals surface area contributed by atoms with Crippen LogP contribution in [0.25, 0.3) is 5.65 Å². The van der Waals surface area contributed by atoms with Crippen LogP contribution in [-0.2, 0) is 17.6 Å². The number of hydrogen-bond acceptors (Lipinski definition) is 5. The van der Waals surface area contributed by atoms with E-state index < -0.39 is 0 Å². The fourth-order valence-corrected chi connectivity index (χ4v) is 4.99. The number of carbonyl (C=O) groups excluding carboxylic acids is 1. The maximum Gasteiger partial charge on any atom is 0.272 e. The van der Waals surface area contributed by atoms with Crippen LogP contribution in [-0.4, -0.2) is 43.5 Å². The lowest BCUT2D eigenvalue weighted by Crippen LogP contribution is -2.30. The maximum absolute atomic E-state index is 12.7. The van der Waals surface area contributed by atoms with Crippen LogP contribution in [0.15, 0.2) is 10.9 Å². The van der Waals surface area contributed by atoms with Gasteiger partial charge in [0.25, 0.3) is 5.56 Å². The number of thiazole rings is 1. The van der Waals surface area contributed by atoms with Crippen LogP contribution in [0, 0.1) is 20.8 Å². The smallest absolute Gasteiger partial charge is 0.272 e. The molecule has 3 aromatic rings. The van der Waals surface area contributed by atoms with E-state index in [1.165, 1.54) is 4.52 Å². The molecule has 0 saturated carbocycles. The lowest BCUT2D eigenvalue weighted by molar-refractivity contribution is -0.129. The molecule has 7 nitrogen and oxygen atoms in total. The number of aromatic amines is 1. The molecule has 148 valence electrons. The Labute approximate surface area is 167 Å². The highest BCUT2D eigenvalue weighted by Crippen LogP contribution is 2.27. The molecule has 1 saturated heterocycles. The van der Waals surface area contributed by atoms with Gasteiger partial charge < -0.3 is 4.90 Å². The Morgan fingerprint density at radius 1 is 1.32 bits per heavy atom. The minimum absolute atomic E-state index is 0.0941. The van der Waals surface area contributed by atoms with Gasteiger partial charge in [-0.1, -0.05) is 6.92 Å². The molecule has 28 heavy (non-hydrogen) atoms. The Kier molecular flexibility index (Phi) is 4.82. The molecule has 0 bridgehead atoms. The lowest BCUT2D eigenvalue weighted by atomic mass is 10.0. The summed E-state index contributed by atoms with van der Waals surface area (Å²) < 4.78 is 1.52. The number of aromatic nitrogens is 4. The van der Waals surface area contributed by atoms with Crippen LogP contribution in [0.1, 0.15) is 51.8 Å². The molecule has 8 heteroatoms. The number of H-pyrrole nitrogens is 1. The second-order valence-corrected chi connectivity index (χ2v) is 8.78. The van der Waals surface area contributed by atoms with E-state index in [9.17, 15) is 9.59 Å². The van der Waals surface area contributed by atoms with Crippen molar-refractivity contribution >= 4 is 22.9 Å². The van der Waals surface area contributed by atoms with E-state index >= 15 is 0 Å². The molecule has 3 aromatic heterocycles. The number of nitrogens with one attached hydrogen (secondary N) is 1. The van der Waals surface area contributed by atoms with Crippen molar-refractivity contribution in [2.45, 2.75) is 52.9 Å². The number of rotatable bonds is 4. The van der Waals surface area contributed by atoms with Crippen LogP contribution < -0.4 is 5.56 Å². The van der Waals surface area contributed by atoms with Crippen LogP contribution in [0.5, 0.6) is 0 Å². The van der Waals surface area contributed by atoms with E-state index in [0.717, 1.165) is 45.4 Å². The van der Waals surface area contributed by atoms with E-state index in [-0.39, 0.29) is 17.4 Å². The minimum atomic E-state index is -0.0941. The van der Waals surface area contributed by atoms with Gasteiger partial charge in [0.05, 0.1) is 22.8 Å². The molecular weight excluding hydrogens is 374 g/mol. The molecule has 0 aromatic carbocycles. The summed E-state index contributed by atoms with van der Waals surface area (Å²) in [6, 6.07) is 1.61. The van der Waals surface area contributed by atoms with Crippen molar-refractivity contribution in [3.63, 3.8) is 0 Å². The molecule has 0 unspecified atom stereocenters. The Morgan fingerprint density at radius 2 is 2.11 bits per heavy atom. The number of amides is 1. The second kappa shape index (κ2) is 7.16. The molecule has 4 heterocycles. The molecule has 1 N–H and O–H groups in total. The molecule has 1 fully saturated rings. The normalized spacial score (nSPS) is 17.0. The summed E-state index contributed by atoms with van der Waals surface area (Å²) in [5.74, 6) is 0.227. The Hall–Kier alpha value is -2.48. The monoisotopic (exact) mass is 399 g/mol. The van der Waals surface area contributed by atoms with Gasteiger partial charge >= 0.3 is 0 Å². The minimum Gasteiger partial charge on any atom is -0.342 e. The van der Waals surface area contributed by atoms with Crippen molar-refractivity contribution in [3.8, 4) is 0 Å². The van der Waals surface area contributed by atoms with Crippen LogP contribution in [0.2, 0.25) is 0 Å². The fraction of sp³-hybridized carbons (Fsp3) is 0.500. The summed E-state index contributed by atoms with van der Waals surface area (Å²) >= 11 is 1.59. The zero-order valence-electron chi connectivity index (χ0n) is 16.7. The number of likely N-dealkylation sites (tertiary alicyclic amines) is 1. The van der Waals surface area contributed by atoms with E-state index in [2.05, 4.69) is 17.0 Å². The molecule has 0 aliphatic carbocycles. The number of fused-ring (bicyclic) bond motifs is 1. The van der Waals surface area contributed by atoms with Crippen LogP contribution in [0.3, 0.4) is 0 Å². The van der Waals surface area contributed by atoms with Crippen molar-refractivity contribution < 1.29 is 4.79 Å². The first-order valence-electron chi connectivity index (χ1n) is 9.69. The Balaban J connectivity index is 1.54. The summed E-state index contributed by atoms with van der Waals surface area (Å²) in [5.41, 5.74) is 4.40. The topological polar surface area (TPSA) is 83.4 Å². The predicted molar refractivity (Wildman–Crippen MR) is 109 cm³/mol. The highest BCUT2D eigenvalue weighted by molar-refractivity contribution is 7.11. The average Bonchev–Trinajstić information content (AvgIpc) is 3.32. The molecule has 0 radical (unpaired) electrons. The summed E-state index contributed by atoms with van der Waals surface area (Å²) in [6.07, 6.45) is 2.05. The van der Waals surface area contributed by atoms with Gasteiger partial charge in [0.1, 0.15) is 0 Å². The summed E-state index contributed by atoms with van der Waals surface area (Å²) in [7, 11) is 0. The summed E-state index contributed by atoms with van der Waals surface area (Å²) in [4.78, 5) is 37.4. The first kappa shape index (κ1) is 18.9. The zero-order chi connectivity index (χ0) is 20.0. The molecule has 4 rings (SSSR count). The van der Waals surface area contributed by atoms with Gasteiger partial charge in [-0.05, 0) is 33.6 Å². The summed E-state index contributed by atoms with van der Waals surface area (Å²) in [6.45, 7) is 9.26. The SMILES string of the molecule is CCc1c(C)[nH]n2c(=O)cc([C@@H]3CCN(C(=O)Cc4sc(C)nc4C)C3)nc12. The third kappa shape index (κ3) is 3.26. The third-order valence-electron chi connectivity index (χ3n) is 5.56. The largest absolute Gasteiger partial charge is 0.342 e. The first-order valence-corrected chi connectivity index (χ1v) is 10.5. The standard InChI is InChI=1S/C20H25N5O2S/c1-5-15-11(2)23-25-19(27)8-16(22-20(15)25)14-6-7-24(10-14)18(26)9-17-12(3)21-13(4)28-17/h8,14,23H,5-7,9-10H2,1-4H3/t14-/m1/s1. The first-order chi connectivity index (χ1) is 13.4. The van der Waals surface area contributed by atoms with Gasteiger partial charge in [0.2, 0.25) is 5.91 Å². The van der Waals surface area contributed by atoms with Gasteiger partial charge in [-0.3, -0.25) is 14.7 Å². The van der Waals surface area contributed by atoms with Crippen molar-refractivity contribution in [3.05, 3.63) is 49.0 Å². The molecule has 1 aliphatic heterocycles. The third-order valence-corrected chi connectivity index (χ3v) is 6.64. The number of carbonyl (C=O) groups is 1. The highest BCUT2D eigenvalue weighted by Gasteiger charge is 2.29. The Bertz CT molecular complexity index is 1110. The van der Waals surface area contributed by atoms with Crippen molar-refractivity contribution in [1.29, 1.82) is 0 Å². The lowest BCUT2D eigenvalue weighted by Gasteiger charge is -2.16. The molecule has 1 aliphatic rings. The maximum atomic E-state index is 12.7. The molecular formula is C20H25N5O2S.